The lowest BCUT2D eigenvalue weighted by Gasteiger charge is -1.99. The average molecular weight is 210 g/mol. The van der Waals surface area contributed by atoms with Gasteiger partial charge in [-0.25, -0.2) is 0 Å². The SMILES string of the molecule is CCc1ccccc1/N=N/c1ccccc1. The van der Waals surface area contributed by atoms with Crippen molar-refractivity contribution in [3.05, 3.63) is 60.2 Å². The molecular weight excluding hydrogens is 196 g/mol. The molecule has 0 aromatic heterocycles. The zero-order valence-electron chi connectivity index (χ0n) is 9.30. The van der Waals surface area contributed by atoms with Crippen LogP contribution in [0, 0.1) is 0 Å². The third-order valence-electron chi connectivity index (χ3n) is 2.40. The van der Waals surface area contributed by atoms with Gasteiger partial charge in [-0.15, -0.1) is 0 Å². The first-order valence-electron chi connectivity index (χ1n) is 5.45. The van der Waals surface area contributed by atoms with Gasteiger partial charge in [0.1, 0.15) is 0 Å². The van der Waals surface area contributed by atoms with Crippen LogP contribution in [0.5, 0.6) is 0 Å². The zero-order chi connectivity index (χ0) is 11.2. The summed E-state index contributed by atoms with van der Waals surface area (Å²) in [6, 6.07) is 17.9. The Kier molecular flexibility index (Phi) is 3.44. The summed E-state index contributed by atoms with van der Waals surface area (Å²) < 4.78 is 0. The summed E-state index contributed by atoms with van der Waals surface area (Å²) in [4.78, 5) is 0. The van der Waals surface area contributed by atoms with Crippen molar-refractivity contribution in [3.8, 4) is 0 Å². The number of azo groups is 1. The number of nitrogens with zero attached hydrogens (tertiary/aromatic N) is 2. The fourth-order valence-corrected chi connectivity index (χ4v) is 1.51. The summed E-state index contributed by atoms with van der Waals surface area (Å²) >= 11 is 0. The van der Waals surface area contributed by atoms with Crippen molar-refractivity contribution >= 4 is 11.4 Å². The van der Waals surface area contributed by atoms with Gasteiger partial charge in [-0.3, -0.25) is 0 Å². The molecule has 16 heavy (non-hydrogen) atoms. The minimum atomic E-state index is 0.883. The van der Waals surface area contributed by atoms with Crippen LogP contribution in [-0.2, 0) is 6.42 Å². The molecule has 80 valence electrons. The largest absolute Gasteiger partial charge is 0.151 e. The molecule has 0 bridgehead atoms. The minimum absolute atomic E-state index is 0.883. The lowest BCUT2D eigenvalue weighted by Crippen LogP contribution is -1.78. The molecule has 2 nitrogen and oxygen atoms in total. The van der Waals surface area contributed by atoms with Crippen LogP contribution >= 0.6 is 0 Å². The third kappa shape index (κ3) is 2.54. The monoisotopic (exact) mass is 210 g/mol. The molecule has 0 amide bonds. The maximum Gasteiger partial charge on any atom is 0.0888 e. The van der Waals surface area contributed by atoms with Crippen LogP contribution in [-0.4, -0.2) is 0 Å². The second kappa shape index (κ2) is 5.21. The van der Waals surface area contributed by atoms with E-state index in [0.29, 0.717) is 0 Å². The first-order valence-corrected chi connectivity index (χ1v) is 5.45. The minimum Gasteiger partial charge on any atom is -0.151 e. The van der Waals surface area contributed by atoms with Gasteiger partial charge in [-0.1, -0.05) is 43.3 Å². The maximum absolute atomic E-state index is 4.27. The van der Waals surface area contributed by atoms with Gasteiger partial charge < -0.3 is 0 Å². The maximum atomic E-state index is 4.27. The van der Waals surface area contributed by atoms with E-state index < -0.39 is 0 Å². The average Bonchev–Trinajstić information content (AvgIpc) is 2.38. The molecule has 0 radical (unpaired) electrons. The van der Waals surface area contributed by atoms with Crippen molar-refractivity contribution < 1.29 is 0 Å². The lowest BCUT2D eigenvalue weighted by molar-refractivity contribution is 1.11. The quantitative estimate of drug-likeness (QED) is 0.658. The summed E-state index contributed by atoms with van der Waals surface area (Å²) in [5, 5.41) is 8.48. The molecule has 0 aliphatic heterocycles. The van der Waals surface area contributed by atoms with E-state index in [9.17, 15) is 0 Å². The Hall–Kier alpha value is -1.96. The Bertz CT molecular complexity index is 475. The Balaban J connectivity index is 2.24. The standard InChI is InChI=1S/C14H14N2/c1-2-12-8-6-7-11-14(12)16-15-13-9-4-3-5-10-13/h3-11H,2H2,1H3/b16-15+. The fraction of sp³-hybridized carbons (Fsp3) is 0.143. The van der Waals surface area contributed by atoms with Gasteiger partial charge in [0, 0.05) is 0 Å². The van der Waals surface area contributed by atoms with E-state index in [1.165, 1.54) is 5.56 Å². The van der Waals surface area contributed by atoms with E-state index in [2.05, 4.69) is 23.2 Å². The molecule has 0 unspecified atom stereocenters. The highest BCUT2D eigenvalue weighted by atomic mass is 15.1. The highest BCUT2D eigenvalue weighted by Crippen LogP contribution is 2.22. The Morgan fingerprint density at radius 3 is 2.25 bits per heavy atom. The van der Waals surface area contributed by atoms with Crippen LogP contribution in [0.4, 0.5) is 11.4 Å². The van der Waals surface area contributed by atoms with Crippen molar-refractivity contribution in [3.63, 3.8) is 0 Å². The van der Waals surface area contributed by atoms with Crippen LogP contribution in [0.15, 0.2) is 64.8 Å². The summed E-state index contributed by atoms with van der Waals surface area (Å²) in [5.74, 6) is 0. The van der Waals surface area contributed by atoms with Crippen molar-refractivity contribution in [1.29, 1.82) is 0 Å². The molecule has 0 fully saturated rings. The molecule has 2 aromatic carbocycles. The van der Waals surface area contributed by atoms with Crippen molar-refractivity contribution in [2.24, 2.45) is 10.2 Å². The summed E-state index contributed by atoms with van der Waals surface area (Å²) in [6.07, 6.45) is 0.976. The second-order valence-electron chi connectivity index (χ2n) is 3.52. The van der Waals surface area contributed by atoms with Gasteiger partial charge in [-0.05, 0) is 30.2 Å². The van der Waals surface area contributed by atoms with Gasteiger partial charge in [0.2, 0.25) is 0 Å². The topological polar surface area (TPSA) is 24.7 Å². The normalized spacial score (nSPS) is 10.8. The fourth-order valence-electron chi connectivity index (χ4n) is 1.51. The lowest BCUT2D eigenvalue weighted by atomic mass is 10.1. The van der Waals surface area contributed by atoms with Crippen LogP contribution in [0.2, 0.25) is 0 Å². The first kappa shape index (κ1) is 10.6. The highest BCUT2D eigenvalue weighted by Gasteiger charge is 1.96. The summed E-state index contributed by atoms with van der Waals surface area (Å²) in [5.41, 5.74) is 3.06. The highest BCUT2D eigenvalue weighted by molar-refractivity contribution is 5.46. The predicted molar refractivity (Wildman–Crippen MR) is 66.4 cm³/mol. The molecule has 0 aliphatic rings. The Morgan fingerprint density at radius 2 is 1.50 bits per heavy atom. The third-order valence-corrected chi connectivity index (χ3v) is 2.40. The van der Waals surface area contributed by atoms with E-state index in [4.69, 9.17) is 0 Å². The van der Waals surface area contributed by atoms with Gasteiger partial charge in [0.25, 0.3) is 0 Å². The molecule has 0 atom stereocenters. The smallest absolute Gasteiger partial charge is 0.0888 e. The molecule has 0 N–H and O–H groups in total. The first-order chi connectivity index (χ1) is 7.90. The van der Waals surface area contributed by atoms with E-state index >= 15 is 0 Å². The van der Waals surface area contributed by atoms with Crippen molar-refractivity contribution in [2.45, 2.75) is 13.3 Å². The number of rotatable bonds is 3. The van der Waals surface area contributed by atoms with Gasteiger partial charge >= 0.3 is 0 Å². The number of hydrogen-bond acceptors (Lipinski definition) is 2. The molecule has 0 aliphatic carbocycles. The number of aryl methyl sites for hydroxylation is 1. The summed E-state index contributed by atoms with van der Waals surface area (Å²) in [7, 11) is 0. The molecule has 0 saturated carbocycles. The van der Waals surface area contributed by atoms with Crippen LogP contribution < -0.4 is 0 Å². The molecule has 2 heteroatoms. The van der Waals surface area contributed by atoms with Crippen LogP contribution in [0.1, 0.15) is 12.5 Å². The number of benzene rings is 2. The molecule has 0 saturated heterocycles. The Labute approximate surface area is 95.7 Å². The van der Waals surface area contributed by atoms with Gasteiger partial charge in [0.05, 0.1) is 11.4 Å². The van der Waals surface area contributed by atoms with E-state index in [1.807, 2.05) is 48.5 Å². The van der Waals surface area contributed by atoms with E-state index in [1.54, 1.807) is 0 Å². The van der Waals surface area contributed by atoms with Crippen molar-refractivity contribution in [2.75, 3.05) is 0 Å². The van der Waals surface area contributed by atoms with Crippen molar-refractivity contribution in [1.82, 2.24) is 0 Å². The zero-order valence-corrected chi connectivity index (χ0v) is 9.30. The van der Waals surface area contributed by atoms with Gasteiger partial charge in [0.15, 0.2) is 0 Å². The van der Waals surface area contributed by atoms with E-state index in [-0.39, 0.29) is 0 Å². The summed E-state index contributed by atoms with van der Waals surface area (Å²) in [6.45, 7) is 2.12. The molecule has 0 spiro atoms. The number of hydrogen-bond donors (Lipinski definition) is 0. The molecular formula is C14H14N2. The molecule has 2 aromatic rings. The van der Waals surface area contributed by atoms with Gasteiger partial charge in [-0.2, -0.15) is 10.2 Å². The van der Waals surface area contributed by atoms with Crippen LogP contribution in [0.25, 0.3) is 0 Å². The Morgan fingerprint density at radius 1 is 0.812 bits per heavy atom. The molecule has 0 heterocycles. The second-order valence-corrected chi connectivity index (χ2v) is 3.52. The van der Waals surface area contributed by atoms with E-state index in [0.717, 1.165) is 17.8 Å². The predicted octanol–water partition coefficient (Wildman–Crippen LogP) is 4.66. The molecule has 2 rings (SSSR count). The van der Waals surface area contributed by atoms with Crippen LogP contribution in [0.3, 0.4) is 0 Å².